The lowest BCUT2D eigenvalue weighted by atomic mass is 9.96. The summed E-state index contributed by atoms with van der Waals surface area (Å²) in [6.45, 7) is 10.4. The predicted molar refractivity (Wildman–Crippen MR) is 88.9 cm³/mol. The van der Waals surface area contributed by atoms with E-state index in [2.05, 4.69) is 43.4 Å². The highest BCUT2D eigenvalue weighted by atomic mass is 16.5. The van der Waals surface area contributed by atoms with Crippen LogP contribution in [0.25, 0.3) is 0 Å². The third kappa shape index (κ3) is 6.96. The van der Waals surface area contributed by atoms with Crippen molar-refractivity contribution in [2.45, 2.75) is 52.7 Å². The molecule has 120 valence electrons. The maximum absolute atomic E-state index is 5.71. The van der Waals surface area contributed by atoms with Crippen LogP contribution in [0, 0.1) is 5.92 Å². The first kappa shape index (κ1) is 18.0. The molecule has 0 aliphatic rings. The highest BCUT2D eigenvalue weighted by Gasteiger charge is 2.15. The van der Waals surface area contributed by atoms with Crippen LogP contribution in [-0.4, -0.2) is 26.4 Å². The van der Waals surface area contributed by atoms with Crippen LogP contribution in [-0.2, 0) is 4.74 Å². The molecule has 2 unspecified atom stereocenters. The van der Waals surface area contributed by atoms with Gasteiger partial charge in [0.05, 0.1) is 6.10 Å². The molecule has 0 saturated carbocycles. The molecule has 1 aromatic carbocycles. The van der Waals surface area contributed by atoms with Crippen molar-refractivity contribution in [3.63, 3.8) is 0 Å². The Kier molecular flexibility index (Phi) is 8.40. The summed E-state index contributed by atoms with van der Waals surface area (Å²) in [7, 11) is 1.77. The number of methoxy groups -OCH3 is 1. The summed E-state index contributed by atoms with van der Waals surface area (Å²) in [5, 5.41) is 3.64. The molecule has 0 spiro atoms. The minimum atomic E-state index is 0.214. The largest absolute Gasteiger partial charge is 0.491 e. The van der Waals surface area contributed by atoms with Crippen LogP contribution >= 0.6 is 0 Å². The molecule has 2 atom stereocenters. The van der Waals surface area contributed by atoms with E-state index in [-0.39, 0.29) is 6.10 Å². The molecule has 3 nitrogen and oxygen atoms in total. The van der Waals surface area contributed by atoms with Gasteiger partial charge in [-0.1, -0.05) is 26.0 Å². The fraction of sp³-hybridized carbons (Fsp3) is 0.667. The fourth-order valence-electron chi connectivity index (χ4n) is 2.46. The number of hydrogen-bond acceptors (Lipinski definition) is 3. The van der Waals surface area contributed by atoms with Crippen molar-refractivity contribution in [1.29, 1.82) is 0 Å². The van der Waals surface area contributed by atoms with Crippen LogP contribution in [0.4, 0.5) is 0 Å². The van der Waals surface area contributed by atoms with Gasteiger partial charge in [0, 0.05) is 19.8 Å². The molecule has 0 fully saturated rings. The standard InChI is InChI=1S/C18H31NO2/c1-6-11-19-18(12-15(4)13-20-5)16-7-9-17(10-8-16)21-14(2)3/h7-10,14-15,18-19H,6,11-13H2,1-5H3. The zero-order valence-corrected chi connectivity index (χ0v) is 14.2. The number of nitrogens with one attached hydrogen (secondary N) is 1. The summed E-state index contributed by atoms with van der Waals surface area (Å²) in [6, 6.07) is 8.85. The zero-order valence-electron chi connectivity index (χ0n) is 14.2. The van der Waals surface area contributed by atoms with Crippen molar-refractivity contribution in [3.8, 4) is 5.75 Å². The number of rotatable bonds is 10. The van der Waals surface area contributed by atoms with E-state index in [1.165, 1.54) is 5.56 Å². The van der Waals surface area contributed by atoms with Gasteiger partial charge in [0.15, 0.2) is 0 Å². The molecule has 0 radical (unpaired) electrons. The van der Waals surface area contributed by atoms with Gasteiger partial charge in [-0.25, -0.2) is 0 Å². The Morgan fingerprint density at radius 1 is 1.10 bits per heavy atom. The summed E-state index contributed by atoms with van der Waals surface area (Å²) in [6.07, 6.45) is 2.44. The van der Waals surface area contributed by atoms with Crippen LogP contribution in [0.3, 0.4) is 0 Å². The Morgan fingerprint density at radius 3 is 2.29 bits per heavy atom. The second kappa shape index (κ2) is 9.80. The van der Waals surface area contributed by atoms with E-state index >= 15 is 0 Å². The van der Waals surface area contributed by atoms with Gasteiger partial charge in [-0.2, -0.15) is 0 Å². The zero-order chi connectivity index (χ0) is 15.7. The Morgan fingerprint density at radius 2 is 1.76 bits per heavy atom. The first-order valence-electron chi connectivity index (χ1n) is 8.05. The van der Waals surface area contributed by atoms with Crippen molar-refractivity contribution in [2.75, 3.05) is 20.3 Å². The maximum Gasteiger partial charge on any atom is 0.119 e. The maximum atomic E-state index is 5.71. The lowest BCUT2D eigenvalue weighted by Crippen LogP contribution is -2.25. The van der Waals surface area contributed by atoms with Gasteiger partial charge < -0.3 is 14.8 Å². The third-order valence-electron chi connectivity index (χ3n) is 3.38. The first-order chi connectivity index (χ1) is 10.1. The lowest BCUT2D eigenvalue weighted by molar-refractivity contribution is 0.149. The average Bonchev–Trinajstić information content (AvgIpc) is 2.44. The van der Waals surface area contributed by atoms with Crippen molar-refractivity contribution in [1.82, 2.24) is 5.32 Å². The minimum absolute atomic E-state index is 0.214. The average molecular weight is 293 g/mol. The van der Waals surface area contributed by atoms with E-state index in [1.54, 1.807) is 7.11 Å². The van der Waals surface area contributed by atoms with Gasteiger partial charge in [0.1, 0.15) is 5.75 Å². The van der Waals surface area contributed by atoms with Gasteiger partial charge in [-0.05, 0) is 56.8 Å². The van der Waals surface area contributed by atoms with Crippen molar-refractivity contribution < 1.29 is 9.47 Å². The molecular weight excluding hydrogens is 262 g/mol. The highest BCUT2D eigenvalue weighted by Crippen LogP contribution is 2.24. The van der Waals surface area contributed by atoms with Crippen LogP contribution < -0.4 is 10.1 Å². The quantitative estimate of drug-likeness (QED) is 0.702. The Labute approximate surface area is 130 Å². The SMILES string of the molecule is CCCNC(CC(C)COC)c1ccc(OC(C)C)cc1. The van der Waals surface area contributed by atoms with Crippen LogP contribution in [0.1, 0.15) is 52.1 Å². The third-order valence-corrected chi connectivity index (χ3v) is 3.38. The van der Waals surface area contributed by atoms with Crippen molar-refractivity contribution in [2.24, 2.45) is 5.92 Å². The van der Waals surface area contributed by atoms with Crippen molar-refractivity contribution in [3.05, 3.63) is 29.8 Å². The topological polar surface area (TPSA) is 30.5 Å². The van der Waals surface area contributed by atoms with Gasteiger partial charge >= 0.3 is 0 Å². The van der Waals surface area contributed by atoms with Gasteiger partial charge in [-0.3, -0.25) is 0 Å². The van der Waals surface area contributed by atoms with E-state index in [1.807, 2.05) is 13.8 Å². The van der Waals surface area contributed by atoms with E-state index in [9.17, 15) is 0 Å². The molecule has 1 rings (SSSR count). The minimum Gasteiger partial charge on any atom is -0.491 e. The van der Waals surface area contributed by atoms with E-state index in [0.717, 1.165) is 31.7 Å². The van der Waals surface area contributed by atoms with Gasteiger partial charge in [0.2, 0.25) is 0 Å². The predicted octanol–water partition coefficient (Wildman–Crippen LogP) is 4.19. The van der Waals surface area contributed by atoms with E-state index in [4.69, 9.17) is 9.47 Å². The molecule has 1 N–H and O–H groups in total. The van der Waals surface area contributed by atoms with Crippen LogP contribution in [0.2, 0.25) is 0 Å². The summed E-state index contributed by atoms with van der Waals surface area (Å²) in [5.41, 5.74) is 1.32. The summed E-state index contributed by atoms with van der Waals surface area (Å²) in [4.78, 5) is 0. The number of hydrogen-bond donors (Lipinski definition) is 1. The van der Waals surface area contributed by atoms with Crippen molar-refractivity contribution >= 4 is 0 Å². The Bertz CT molecular complexity index is 375. The smallest absolute Gasteiger partial charge is 0.119 e. The molecule has 21 heavy (non-hydrogen) atoms. The van der Waals surface area contributed by atoms with Crippen LogP contribution in [0.15, 0.2) is 24.3 Å². The number of benzene rings is 1. The molecule has 0 aromatic heterocycles. The second-order valence-electron chi connectivity index (χ2n) is 6.04. The molecule has 0 saturated heterocycles. The number of ether oxygens (including phenoxy) is 2. The lowest BCUT2D eigenvalue weighted by Gasteiger charge is -2.23. The molecule has 0 heterocycles. The molecule has 0 aliphatic heterocycles. The molecule has 0 aliphatic carbocycles. The molecule has 0 bridgehead atoms. The van der Waals surface area contributed by atoms with E-state index < -0.39 is 0 Å². The molecule has 0 amide bonds. The molecule has 3 heteroatoms. The van der Waals surface area contributed by atoms with E-state index in [0.29, 0.717) is 12.0 Å². The fourth-order valence-corrected chi connectivity index (χ4v) is 2.46. The van der Waals surface area contributed by atoms with Gasteiger partial charge in [-0.15, -0.1) is 0 Å². The Hall–Kier alpha value is -1.06. The molecule has 1 aromatic rings. The monoisotopic (exact) mass is 293 g/mol. The normalized spacial score (nSPS) is 14.2. The van der Waals surface area contributed by atoms with Gasteiger partial charge in [0.25, 0.3) is 0 Å². The highest BCUT2D eigenvalue weighted by molar-refractivity contribution is 5.29. The summed E-state index contributed by atoms with van der Waals surface area (Å²) in [5.74, 6) is 1.48. The first-order valence-corrected chi connectivity index (χ1v) is 8.05. The summed E-state index contributed by atoms with van der Waals surface area (Å²) < 4.78 is 11.0. The van der Waals surface area contributed by atoms with Crippen LogP contribution in [0.5, 0.6) is 5.75 Å². The Balaban J connectivity index is 2.72. The molecular formula is C18H31NO2. The summed E-state index contributed by atoms with van der Waals surface area (Å²) >= 11 is 0. The second-order valence-corrected chi connectivity index (χ2v) is 6.04.